The van der Waals surface area contributed by atoms with Gasteiger partial charge in [0.1, 0.15) is 18.3 Å². The van der Waals surface area contributed by atoms with Crippen LogP contribution in [-0.2, 0) is 38.8 Å². The second-order valence-corrected chi connectivity index (χ2v) is 8.21. The first-order chi connectivity index (χ1) is 15.6. The van der Waals surface area contributed by atoms with Gasteiger partial charge in [-0.2, -0.15) is 0 Å². The van der Waals surface area contributed by atoms with Crippen molar-refractivity contribution in [2.75, 3.05) is 0 Å². The molecule has 0 heterocycles. The van der Waals surface area contributed by atoms with Crippen LogP contribution in [0.1, 0.15) is 23.6 Å². The molecule has 166 valence electrons. The fraction of sp³-hybridized carbons (Fsp3) is 0.296. The van der Waals surface area contributed by atoms with Gasteiger partial charge in [0.05, 0.1) is 19.8 Å². The lowest BCUT2D eigenvalue weighted by Gasteiger charge is -2.28. The molecular weight excluding hydrogens is 404 g/mol. The zero-order chi connectivity index (χ0) is 22.4. The van der Waals surface area contributed by atoms with Crippen molar-refractivity contribution < 1.29 is 24.1 Å². The Bertz CT molecular complexity index is 988. The van der Waals surface area contributed by atoms with Crippen LogP contribution < -0.4 is 0 Å². The van der Waals surface area contributed by atoms with Crippen LogP contribution in [0.2, 0.25) is 0 Å². The third-order valence-electron chi connectivity index (χ3n) is 5.74. The van der Waals surface area contributed by atoms with Gasteiger partial charge in [0.25, 0.3) is 0 Å². The maximum atomic E-state index is 13.2. The Morgan fingerprint density at radius 2 is 1.09 bits per heavy atom. The van der Waals surface area contributed by atoms with E-state index in [9.17, 15) is 9.90 Å². The van der Waals surface area contributed by atoms with Crippen LogP contribution in [-0.4, -0.2) is 34.8 Å². The average molecular weight is 433 g/mol. The summed E-state index contributed by atoms with van der Waals surface area (Å²) in [5.74, 6) is -0.426. The Kier molecular flexibility index (Phi) is 7.12. The molecule has 1 N–H and O–H groups in total. The molecular formula is C27H28O5. The van der Waals surface area contributed by atoms with Crippen LogP contribution in [0.4, 0.5) is 0 Å². The van der Waals surface area contributed by atoms with Crippen LogP contribution in [0.25, 0.3) is 0 Å². The Morgan fingerprint density at radius 3 is 1.56 bits per heavy atom. The molecule has 0 aliphatic heterocycles. The molecule has 0 amide bonds. The zero-order valence-corrected chi connectivity index (χ0v) is 18.1. The van der Waals surface area contributed by atoms with Crippen molar-refractivity contribution in [1.82, 2.24) is 0 Å². The zero-order valence-electron chi connectivity index (χ0n) is 18.1. The van der Waals surface area contributed by atoms with Gasteiger partial charge in [0, 0.05) is 0 Å². The second kappa shape index (κ2) is 10.2. The predicted molar refractivity (Wildman–Crippen MR) is 121 cm³/mol. The van der Waals surface area contributed by atoms with E-state index in [1.54, 1.807) is 0 Å². The minimum Gasteiger partial charge on any atom is -0.379 e. The molecule has 0 saturated heterocycles. The summed E-state index contributed by atoms with van der Waals surface area (Å²) in [5.41, 5.74) is 1.13. The van der Waals surface area contributed by atoms with E-state index >= 15 is 0 Å². The number of benzene rings is 3. The molecule has 5 nitrogen and oxygen atoms in total. The summed E-state index contributed by atoms with van der Waals surface area (Å²) < 4.78 is 18.3. The van der Waals surface area contributed by atoms with Crippen molar-refractivity contribution in [3.05, 3.63) is 108 Å². The van der Waals surface area contributed by atoms with E-state index in [1.165, 1.54) is 6.92 Å². The van der Waals surface area contributed by atoms with Gasteiger partial charge in [0.2, 0.25) is 0 Å². The lowest BCUT2D eigenvalue weighted by molar-refractivity contribution is -0.154. The largest absolute Gasteiger partial charge is 0.379 e. The highest BCUT2D eigenvalue weighted by Gasteiger charge is 2.59. The number of carbonyl (C=O) groups excluding carboxylic acids is 1. The second-order valence-electron chi connectivity index (χ2n) is 8.21. The van der Waals surface area contributed by atoms with Crippen LogP contribution in [0.3, 0.4) is 0 Å². The first-order valence-electron chi connectivity index (χ1n) is 10.8. The third-order valence-corrected chi connectivity index (χ3v) is 5.74. The third kappa shape index (κ3) is 5.14. The van der Waals surface area contributed by atoms with Crippen molar-refractivity contribution in [1.29, 1.82) is 0 Å². The molecule has 3 aromatic rings. The van der Waals surface area contributed by atoms with Gasteiger partial charge in [-0.15, -0.1) is 0 Å². The lowest BCUT2D eigenvalue weighted by Crippen LogP contribution is -2.45. The number of carbonyl (C=O) groups is 1. The Balaban J connectivity index is 1.53. The average Bonchev–Trinajstić information content (AvgIpc) is 3.01. The molecule has 0 unspecified atom stereocenters. The highest BCUT2D eigenvalue weighted by molar-refractivity contribution is 5.95. The molecule has 0 spiro atoms. The Hall–Kier alpha value is -2.83. The van der Waals surface area contributed by atoms with E-state index in [0.29, 0.717) is 0 Å². The van der Waals surface area contributed by atoms with E-state index < -0.39 is 29.7 Å². The Morgan fingerprint density at radius 1 is 0.688 bits per heavy atom. The molecule has 4 rings (SSSR count). The lowest BCUT2D eigenvalue weighted by atomic mass is 10.0. The highest BCUT2D eigenvalue weighted by Crippen LogP contribution is 2.35. The topological polar surface area (TPSA) is 65.0 Å². The number of ketones is 1. The van der Waals surface area contributed by atoms with Gasteiger partial charge in [-0.3, -0.25) is 4.79 Å². The maximum Gasteiger partial charge on any atom is 0.198 e. The van der Waals surface area contributed by atoms with E-state index in [-0.39, 0.29) is 19.8 Å². The molecule has 1 fully saturated rings. The van der Waals surface area contributed by atoms with Crippen LogP contribution >= 0.6 is 0 Å². The molecule has 0 radical (unpaired) electrons. The van der Waals surface area contributed by atoms with Crippen molar-refractivity contribution >= 4 is 5.78 Å². The van der Waals surface area contributed by atoms with Gasteiger partial charge in [-0.05, 0) is 23.6 Å². The molecule has 0 bridgehead atoms. The summed E-state index contributed by atoms with van der Waals surface area (Å²) in [7, 11) is 0. The van der Waals surface area contributed by atoms with Gasteiger partial charge in [0.15, 0.2) is 11.4 Å². The summed E-state index contributed by atoms with van der Waals surface area (Å²) in [6, 6.07) is 29.0. The van der Waals surface area contributed by atoms with Gasteiger partial charge in [-0.25, -0.2) is 0 Å². The smallest absolute Gasteiger partial charge is 0.198 e. The maximum absolute atomic E-state index is 13.2. The summed E-state index contributed by atoms with van der Waals surface area (Å²) in [4.78, 5) is 13.2. The summed E-state index contributed by atoms with van der Waals surface area (Å²) in [6.07, 6.45) is -2.54. The van der Waals surface area contributed by atoms with Crippen LogP contribution in [0, 0.1) is 0 Å². The van der Waals surface area contributed by atoms with Gasteiger partial charge in [-0.1, -0.05) is 91.0 Å². The van der Waals surface area contributed by atoms with Crippen molar-refractivity contribution in [3.63, 3.8) is 0 Å². The number of hydrogen-bond acceptors (Lipinski definition) is 5. The molecule has 4 atom stereocenters. The van der Waals surface area contributed by atoms with Crippen molar-refractivity contribution in [2.24, 2.45) is 0 Å². The molecule has 1 aliphatic rings. The molecule has 1 aliphatic carbocycles. The minimum absolute atomic E-state index is 0.240. The first kappa shape index (κ1) is 22.4. The summed E-state index contributed by atoms with van der Waals surface area (Å²) >= 11 is 0. The van der Waals surface area contributed by atoms with Crippen LogP contribution in [0.15, 0.2) is 91.0 Å². The van der Waals surface area contributed by atoms with E-state index in [0.717, 1.165) is 16.7 Å². The van der Waals surface area contributed by atoms with E-state index in [2.05, 4.69) is 0 Å². The number of aliphatic hydroxyl groups is 1. The van der Waals surface area contributed by atoms with E-state index in [4.69, 9.17) is 14.2 Å². The number of hydrogen-bond donors (Lipinski definition) is 1. The Labute approximate surface area is 188 Å². The number of ether oxygens (including phenoxy) is 3. The quantitative estimate of drug-likeness (QED) is 0.552. The highest BCUT2D eigenvalue weighted by atomic mass is 16.6. The van der Waals surface area contributed by atoms with Gasteiger partial charge < -0.3 is 19.3 Å². The fourth-order valence-electron chi connectivity index (χ4n) is 3.95. The van der Waals surface area contributed by atoms with Crippen molar-refractivity contribution in [2.45, 2.75) is 50.7 Å². The summed E-state index contributed by atoms with van der Waals surface area (Å²) in [5, 5.41) is 11.1. The fourth-order valence-corrected chi connectivity index (χ4v) is 3.95. The summed E-state index contributed by atoms with van der Waals surface area (Å²) in [6.45, 7) is 2.26. The SMILES string of the molecule is C[C@@]1(O)C(=O)[C@@H](OCc2ccccc2)[C@H](OCc2ccccc2)[C@H]1OCc1ccccc1. The monoisotopic (exact) mass is 432 g/mol. The van der Waals surface area contributed by atoms with E-state index in [1.807, 2.05) is 91.0 Å². The predicted octanol–water partition coefficient (Wildman–Crippen LogP) is 4.08. The first-order valence-corrected chi connectivity index (χ1v) is 10.8. The van der Waals surface area contributed by atoms with Gasteiger partial charge >= 0.3 is 0 Å². The number of rotatable bonds is 9. The van der Waals surface area contributed by atoms with Crippen molar-refractivity contribution in [3.8, 4) is 0 Å². The molecule has 0 aromatic heterocycles. The normalized spacial score (nSPS) is 25.2. The standard InChI is InChI=1S/C27H28O5/c1-27(29)25(28)23(30-17-20-11-5-2-6-12-20)24(31-18-21-13-7-3-8-14-21)26(27)32-19-22-15-9-4-10-16-22/h2-16,23-24,26,29H,17-19H2,1H3/t23-,24-,26+,27+/m0/s1. The molecule has 32 heavy (non-hydrogen) atoms. The molecule has 1 saturated carbocycles. The number of Topliss-reactive ketones (excluding diaryl/α,β-unsaturated/α-hetero) is 1. The minimum atomic E-state index is -1.72. The molecule has 3 aromatic carbocycles. The molecule has 5 heteroatoms. The van der Waals surface area contributed by atoms with Crippen LogP contribution in [0.5, 0.6) is 0 Å².